The molecule has 1 amide bonds. The molecule has 3 atom stereocenters. The van der Waals surface area contributed by atoms with Crippen LogP contribution >= 0.6 is 0 Å². The van der Waals surface area contributed by atoms with E-state index in [0.717, 1.165) is 12.8 Å². The van der Waals surface area contributed by atoms with Gasteiger partial charge < -0.3 is 10.1 Å². The van der Waals surface area contributed by atoms with Gasteiger partial charge in [0.1, 0.15) is 6.23 Å². The Hall–Kier alpha value is -0.830. The number of amides is 1. The first-order valence-corrected chi connectivity index (χ1v) is 5.12. The van der Waals surface area contributed by atoms with Crippen LogP contribution in [-0.4, -0.2) is 19.2 Å². The Kier molecular flexibility index (Phi) is 2.35. The van der Waals surface area contributed by atoms with Crippen LogP contribution in [0.5, 0.6) is 0 Å². The summed E-state index contributed by atoms with van der Waals surface area (Å²) in [5.41, 5.74) is 2.79. The molecule has 14 heavy (non-hydrogen) atoms. The lowest BCUT2D eigenvalue weighted by atomic mass is 9.78. The summed E-state index contributed by atoms with van der Waals surface area (Å²) < 4.78 is 5.28. The van der Waals surface area contributed by atoms with Gasteiger partial charge >= 0.3 is 0 Å². The van der Waals surface area contributed by atoms with Gasteiger partial charge in [0, 0.05) is 18.9 Å². The van der Waals surface area contributed by atoms with E-state index in [1.54, 1.807) is 7.11 Å². The van der Waals surface area contributed by atoms with Gasteiger partial charge in [0.2, 0.25) is 5.91 Å². The van der Waals surface area contributed by atoms with Crippen LogP contribution in [0.2, 0.25) is 0 Å². The molecule has 0 aromatic carbocycles. The predicted octanol–water partition coefficient (Wildman–Crippen LogP) is 1.45. The van der Waals surface area contributed by atoms with Crippen LogP contribution in [0, 0.1) is 11.8 Å². The molecule has 1 aliphatic heterocycles. The molecule has 1 aliphatic carbocycles. The highest BCUT2D eigenvalue weighted by atomic mass is 16.5. The average Bonchev–Trinajstić information content (AvgIpc) is 2.45. The number of nitrogens with one attached hydrogen (secondary N) is 1. The molecule has 0 bridgehead atoms. The standard InChI is InChI=1S/C11H17NO2/c1-6-4-8-9(5-7(6)2)11(14-3)12-10(8)13/h8-9,11H,4-5H2,1-3H3,(H,12,13). The fourth-order valence-corrected chi connectivity index (χ4v) is 2.52. The number of hydrogen-bond acceptors (Lipinski definition) is 2. The first-order chi connectivity index (χ1) is 6.63. The maximum Gasteiger partial charge on any atom is 0.225 e. The van der Waals surface area contributed by atoms with Crippen LogP contribution in [0.4, 0.5) is 0 Å². The Labute approximate surface area is 84.5 Å². The predicted molar refractivity (Wildman–Crippen MR) is 53.5 cm³/mol. The first-order valence-electron chi connectivity index (χ1n) is 5.12. The molecular formula is C11H17NO2. The Bertz CT molecular complexity index is 296. The third kappa shape index (κ3) is 1.36. The summed E-state index contributed by atoms with van der Waals surface area (Å²) in [4.78, 5) is 11.6. The van der Waals surface area contributed by atoms with Crippen molar-refractivity contribution in [3.05, 3.63) is 11.1 Å². The van der Waals surface area contributed by atoms with Crippen molar-refractivity contribution in [2.45, 2.75) is 32.9 Å². The van der Waals surface area contributed by atoms with Crippen molar-refractivity contribution in [3.63, 3.8) is 0 Å². The van der Waals surface area contributed by atoms with Crippen LogP contribution in [0.1, 0.15) is 26.7 Å². The van der Waals surface area contributed by atoms with E-state index in [1.807, 2.05) is 0 Å². The second kappa shape index (κ2) is 3.39. The molecule has 1 N–H and O–H groups in total. The van der Waals surface area contributed by atoms with Crippen molar-refractivity contribution in [2.24, 2.45) is 11.8 Å². The summed E-state index contributed by atoms with van der Waals surface area (Å²) in [6, 6.07) is 0. The molecule has 0 saturated carbocycles. The molecule has 78 valence electrons. The van der Waals surface area contributed by atoms with Crippen molar-refractivity contribution < 1.29 is 9.53 Å². The van der Waals surface area contributed by atoms with Gasteiger partial charge in [-0.15, -0.1) is 0 Å². The summed E-state index contributed by atoms with van der Waals surface area (Å²) in [6.07, 6.45) is 1.83. The van der Waals surface area contributed by atoms with E-state index in [2.05, 4.69) is 19.2 Å². The lowest BCUT2D eigenvalue weighted by molar-refractivity contribution is -0.123. The number of rotatable bonds is 1. The number of carbonyl (C=O) groups is 1. The number of hydrogen-bond donors (Lipinski definition) is 1. The molecule has 0 aromatic heterocycles. The summed E-state index contributed by atoms with van der Waals surface area (Å²) in [6.45, 7) is 4.28. The second-order valence-corrected chi connectivity index (χ2v) is 4.40. The number of carbonyl (C=O) groups excluding carboxylic acids is 1. The molecule has 2 rings (SSSR count). The summed E-state index contributed by atoms with van der Waals surface area (Å²) in [7, 11) is 1.66. The van der Waals surface area contributed by atoms with Gasteiger partial charge in [-0.1, -0.05) is 11.1 Å². The third-order valence-electron chi connectivity index (χ3n) is 3.58. The highest BCUT2D eigenvalue weighted by molar-refractivity contribution is 5.82. The van der Waals surface area contributed by atoms with Crippen molar-refractivity contribution in [3.8, 4) is 0 Å². The van der Waals surface area contributed by atoms with E-state index in [-0.39, 0.29) is 18.1 Å². The smallest absolute Gasteiger partial charge is 0.225 e. The Morgan fingerprint density at radius 2 is 1.93 bits per heavy atom. The van der Waals surface area contributed by atoms with Crippen LogP contribution in [0.15, 0.2) is 11.1 Å². The zero-order chi connectivity index (χ0) is 10.3. The first kappa shape index (κ1) is 9.71. The summed E-state index contributed by atoms with van der Waals surface area (Å²) >= 11 is 0. The monoisotopic (exact) mass is 195 g/mol. The molecule has 1 saturated heterocycles. The van der Waals surface area contributed by atoms with E-state index in [1.165, 1.54) is 11.1 Å². The van der Waals surface area contributed by atoms with Gasteiger partial charge in [0.25, 0.3) is 0 Å². The maximum absolute atomic E-state index is 11.6. The molecule has 0 radical (unpaired) electrons. The summed E-state index contributed by atoms with van der Waals surface area (Å²) in [5, 5.41) is 2.90. The SMILES string of the molecule is COC1NC(=O)C2CC(C)=C(C)CC12. The van der Waals surface area contributed by atoms with Gasteiger partial charge in [0.05, 0.1) is 0 Å². The molecule has 3 heteroatoms. The lowest BCUT2D eigenvalue weighted by Gasteiger charge is -2.27. The van der Waals surface area contributed by atoms with Gasteiger partial charge in [-0.3, -0.25) is 4.79 Å². The van der Waals surface area contributed by atoms with E-state index in [4.69, 9.17) is 4.74 Å². The van der Waals surface area contributed by atoms with Gasteiger partial charge in [-0.25, -0.2) is 0 Å². The number of ether oxygens (including phenoxy) is 1. The van der Waals surface area contributed by atoms with E-state index in [0.29, 0.717) is 5.92 Å². The highest BCUT2D eigenvalue weighted by Crippen LogP contribution is 2.39. The molecule has 0 aromatic rings. The Morgan fingerprint density at radius 3 is 2.57 bits per heavy atom. The second-order valence-electron chi connectivity index (χ2n) is 4.40. The van der Waals surface area contributed by atoms with E-state index >= 15 is 0 Å². The van der Waals surface area contributed by atoms with Crippen molar-refractivity contribution in [1.82, 2.24) is 5.32 Å². The minimum absolute atomic E-state index is 0.0736. The van der Waals surface area contributed by atoms with Gasteiger partial charge in [0.15, 0.2) is 0 Å². The van der Waals surface area contributed by atoms with Crippen LogP contribution in [0.3, 0.4) is 0 Å². The molecular weight excluding hydrogens is 178 g/mol. The van der Waals surface area contributed by atoms with Gasteiger partial charge in [-0.05, 0) is 26.7 Å². The lowest BCUT2D eigenvalue weighted by Crippen LogP contribution is -2.31. The largest absolute Gasteiger partial charge is 0.361 e. The zero-order valence-corrected chi connectivity index (χ0v) is 8.96. The van der Waals surface area contributed by atoms with Crippen molar-refractivity contribution in [2.75, 3.05) is 7.11 Å². The molecule has 2 aliphatic rings. The Balaban J connectivity index is 2.23. The van der Waals surface area contributed by atoms with E-state index < -0.39 is 0 Å². The third-order valence-corrected chi connectivity index (χ3v) is 3.58. The maximum atomic E-state index is 11.6. The highest BCUT2D eigenvalue weighted by Gasteiger charge is 2.44. The number of allylic oxidation sites excluding steroid dienone is 2. The van der Waals surface area contributed by atoms with Crippen molar-refractivity contribution >= 4 is 5.91 Å². The number of fused-ring (bicyclic) bond motifs is 1. The molecule has 1 heterocycles. The molecule has 3 nitrogen and oxygen atoms in total. The van der Waals surface area contributed by atoms with Gasteiger partial charge in [-0.2, -0.15) is 0 Å². The normalized spacial score (nSPS) is 37.1. The van der Waals surface area contributed by atoms with Crippen molar-refractivity contribution in [1.29, 1.82) is 0 Å². The topological polar surface area (TPSA) is 38.3 Å². The van der Waals surface area contributed by atoms with E-state index in [9.17, 15) is 4.79 Å². The van der Waals surface area contributed by atoms with Crippen LogP contribution in [-0.2, 0) is 9.53 Å². The molecule has 3 unspecified atom stereocenters. The molecule has 0 spiro atoms. The number of methoxy groups -OCH3 is 1. The minimum Gasteiger partial charge on any atom is -0.361 e. The quantitative estimate of drug-likeness (QED) is 0.643. The minimum atomic E-state index is -0.0736. The van der Waals surface area contributed by atoms with Crippen LogP contribution in [0.25, 0.3) is 0 Å². The van der Waals surface area contributed by atoms with Crippen LogP contribution < -0.4 is 5.32 Å². The Morgan fingerprint density at radius 1 is 1.29 bits per heavy atom. The molecule has 1 fully saturated rings. The zero-order valence-electron chi connectivity index (χ0n) is 8.96. The summed E-state index contributed by atoms with van der Waals surface area (Å²) in [5.74, 6) is 0.647. The fourth-order valence-electron chi connectivity index (χ4n) is 2.52. The average molecular weight is 195 g/mol. The fraction of sp³-hybridized carbons (Fsp3) is 0.727.